The molecule has 0 amide bonds. The van der Waals surface area contributed by atoms with Crippen LogP contribution in [0.4, 0.5) is 0 Å². The second-order valence-electron chi connectivity index (χ2n) is 4.79. The van der Waals surface area contributed by atoms with Crippen LogP contribution in [0.1, 0.15) is 16.7 Å². The molecule has 4 heteroatoms. The molecule has 0 N–H and O–H groups in total. The van der Waals surface area contributed by atoms with Crippen molar-refractivity contribution >= 4 is 33.7 Å². The summed E-state index contributed by atoms with van der Waals surface area (Å²) in [5.41, 5.74) is 4.00. The Bertz CT molecular complexity index is 743. The number of oxime groups is 1. The van der Waals surface area contributed by atoms with Gasteiger partial charge in [0.1, 0.15) is 5.71 Å². The van der Waals surface area contributed by atoms with Gasteiger partial charge in [0.15, 0.2) is 0 Å². The second-order valence-corrected chi connectivity index (χ2v) is 5.71. The lowest BCUT2D eigenvalue weighted by atomic mass is 10.0. The molecule has 0 atom stereocenters. The van der Waals surface area contributed by atoms with Crippen LogP contribution in [0.25, 0.3) is 6.08 Å². The third kappa shape index (κ3) is 2.95. The van der Waals surface area contributed by atoms with Crippen LogP contribution in [-0.2, 0) is 9.63 Å². The monoisotopic (exact) mass is 341 g/mol. The Morgan fingerprint density at radius 3 is 2.38 bits per heavy atom. The van der Waals surface area contributed by atoms with E-state index in [1.807, 2.05) is 55.5 Å². The second kappa shape index (κ2) is 5.66. The molecule has 3 rings (SSSR count). The molecule has 104 valence electrons. The fourth-order valence-electron chi connectivity index (χ4n) is 2.05. The van der Waals surface area contributed by atoms with E-state index in [1.165, 1.54) is 5.56 Å². The SMILES string of the molecule is Cc1ccc(C=C2C(=O)ON=C2c2ccc(Br)cc2)cc1. The highest BCUT2D eigenvalue weighted by Gasteiger charge is 2.26. The van der Waals surface area contributed by atoms with Crippen LogP contribution < -0.4 is 0 Å². The summed E-state index contributed by atoms with van der Waals surface area (Å²) < 4.78 is 0.973. The van der Waals surface area contributed by atoms with Crippen molar-refractivity contribution in [3.8, 4) is 0 Å². The highest BCUT2D eigenvalue weighted by Crippen LogP contribution is 2.22. The van der Waals surface area contributed by atoms with Crippen LogP contribution in [0, 0.1) is 6.92 Å². The molecule has 0 saturated heterocycles. The van der Waals surface area contributed by atoms with Gasteiger partial charge in [-0.1, -0.05) is 63.0 Å². The number of benzene rings is 2. The average Bonchev–Trinajstić information content (AvgIpc) is 2.84. The minimum Gasteiger partial charge on any atom is -0.312 e. The van der Waals surface area contributed by atoms with Crippen LogP contribution in [-0.4, -0.2) is 11.7 Å². The fraction of sp³-hybridized carbons (Fsp3) is 0.0588. The smallest absolute Gasteiger partial charge is 0.312 e. The van der Waals surface area contributed by atoms with Gasteiger partial charge < -0.3 is 4.84 Å². The fourth-order valence-corrected chi connectivity index (χ4v) is 2.32. The molecule has 0 saturated carbocycles. The highest BCUT2D eigenvalue weighted by atomic mass is 79.9. The first-order valence-electron chi connectivity index (χ1n) is 6.47. The van der Waals surface area contributed by atoms with E-state index in [2.05, 4.69) is 21.1 Å². The van der Waals surface area contributed by atoms with Crippen molar-refractivity contribution in [1.29, 1.82) is 0 Å². The van der Waals surface area contributed by atoms with Crippen molar-refractivity contribution < 1.29 is 9.63 Å². The van der Waals surface area contributed by atoms with Gasteiger partial charge in [0.05, 0.1) is 5.57 Å². The van der Waals surface area contributed by atoms with Gasteiger partial charge in [-0.05, 0) is 30.7 Å². The lowest BCUT2D eigenvalue weighted by molar-refractivity contribution is -0.136. The predicted molar refractivity (Wildman–Crippen MR) is 85.9 cm³/mol. The van der Waals surface area contributed by atoms with Crippen LogP contribution >= 0.6 is 15.9 Å². The van der Waals surface area contributed by atoms with Gasteiger partial charge in [0.25, 0.3) is 0 Å². The first-order chi connectivity index (χ1) is 10.1. The molecule has 0 radical (unpaired) electrons. The number of nitrogens with zero attached hydrogens (tertiary/aromatic N) is 1. The van der Waals surface area contributed by atoms with Crippen molar-refractivity contribution in [3.63, 3.8) is 0 Å². The van der Waals surface area contributed by atoms with E-state index in [0.717, 1.165) is 15.6 Å². The molecule has 0 fully saturated rings. The number of hydrogen-bond acceptors (Lipinski definition) is 3. The Hall–Kier alpha value is -2.20. The standard InChI is InChI=1S/C17H12BrNO2/c1-11-2-4-12(5-3-11)10-15-16(19-21-17(15)20)13-6-8-14(18)9-7-13/h2-10H,1H3. The van der Waals surface area contributed by atoms with Crippen molar-refractivity contribution in [1.82, 2.24) is 0 Å². The van der Waals surface area contributed by atoms with E-state index in [0.29, 0.717) is 11.3 Å². The molecule has 2 aromatic rings. The molecule has 2 aromatic carbocycles. The number of hydrogen-bond donors (Lipinski definition) is 0. The summed E-state index contributed by atoms with van der Waals surface area (Å²) in [5.74, 6) is -0.423. The number of rotatable bonds is 2. The Kier molecular flexibility index (Phi) is 3.71. The van der Waals surface area contributed by atoms with Gasteiger partial charge in [0, 0.05) is 10.0 Å². The highest BCUT2D eigenvalue weighted by molar-refractivity contribution is 9.10. The number of carbonyl (C=O) groups is 1. The van der Waals surface area contributed by atoms with Crippen LogP contribution in [0.3, 0.4) is 0 Å². The summed E-state index contributed by atoms with van der Waals surface area (Å²) in [4.78, 5) is 16.7. The summed E-state index contributed by atoms with van der Waals surface area (Å²) in [5, 5.41) is 3.90. The zero-order chi connectivity index (χ0) is 14.8. The normalized spacial score (nSPS) is 16.0. The molecule has 1 aliphatic rings. The summed E-state index contributed by atoms with van der Waals surface area (Å²) in [7, 11) is 0. The van der Waals surface area contributed by atoms with E-state index >= 15 is 0 Å². The van der Waals surface area contributed by atoms with Gasteiger partial charge in [-0.25, -0.2) is 4.79 Å². The Morgan fingerprint density at radius 2 is 1.71 bits per heavy atom. The summed E-state index contributed by atoms with van der Waals surface area (Å²) in [6.07, 6.45) is 1.80. The van der Waals surface area contributed by atoms with E-state index in [4.69, 9.17) is 4.84 Å². The van der Waals surface area contributed by atoms with Crippen molar-refractivity contribution in [2.75, 3.05) is 0 Å². The van der Waals surface area contributed by atoms with Crippen molar-refractivity contribution in [3.05, 3.63) is 75.3 Å². The minimum absolute atomic E-state index is 0.423. The van der Waals surface area contributed by atoms with E-state index in [-0.39, 0.29) is 0 Å². The van der Waals surface area contributed by atoms with Gasteiger partial charge in [-0.15, -0.1) is 0 Å². The predicted octanol–water partition coefficient (Wildman–Crippen LogP) is 4.10. The molecule has 0 aromatic heterocycles. The largest absolute Gasteiger partial charge is 0.368 e. The van der Waals surface area contributed by atoms with E-state index in [1.54, 1.807) is 6.08 Å². The zero-order valence-corrected chi connectivity index (χ0v) is 12.9. The quantitative estimate of drug-likeness (QED) is 0.609. The van der Waals surface area contributed by atoms with Crippen LogP contribution in [0.2, 0.25) is 0 Å². The van der Waals surface area contributed by atoms with Crippen LogP contribution in [0.5, 0.6) is 0 Å². The number of carbonyl (C=O) groups excluding carboxylic acids is 1. The van der Waals surface area contributed by atoms with Gasteiger partial charge in [-0.2, -0.15) is 0 Å². The van der Waals surface area contributed by atoms with E-state index < -0.39 is 5.97 Å². The van der Waals surface area contributed by atoms with Gasteiger partial charge in [0.2, 0.25) is 0 Å². The molecule has 0 bridgehead atoms. The minimum atomic E-state index is -0.423. The molecular formula is C17H12BrNO2. The van der Waals surface area contributed by atoms with Gasteiger partial charge >= 0.3 is 5.97 Å². The van der Waals surface area contributed by atoms with Crippen LogP contribution in [0.15, 0.2) is 63.7 Å². The lowest BCUT2D eigenvalue weighted by Crippen LogP contribution is -2.06. The number of aryl methyl sites for hydroxylation is 1. The molecular weight excluding hydrogens is 330 g/mol. The first-order valence-corrected chi connectivity index (χ1v) is 7.27. The lowest BCUT2D eigenvalue weighted by Gasteiger charge is -2.01. The molecule has 3 nitrogen and oxygen atoms in total. The Morgan fingerprint density at radius 1 is 1.05 bits per heavy atom. The molecule has 21 heavy (non-hydrogen) atoms. The molecule has 0 unspecified atom stereocenters. The molecule has 1 aliphatic heterocycles. The van der Waals surface area contributed by atoms with Gasteiger partial charge in [-0.3, -0.25) is 0 Å². The Balaban J connectivity index is 1.99. The Labute approximate surface area is 131 Å². The number of halogens is 1. The third-order valence-electron chi connectivity index (χ3n) is 3.20. The summed E-state index contributed by atoms with van der Waals surface area (Å²) >= 11 is 3.39. The molecule has 1 heterocycles. The maximum Gasteiger partial charge on any atom is 0.368 e. The molecule has 0 spiro atoms. The third-order valence-corrected chi connectivity index (χ3v) is 3.73. The average molecular weight is 342 g/mol. The maximum atomic E-state index is 11.9. The van der Waals surface area contributed by atoms with Crippen molar-refractivity contribution in [2.45, 2.75) is 6.92 Å². The summed E-state index contributed by atoms with van der Waals surface area (Å²) in [6.45, 7) is 2.02. The maximum absolute atomic E-state index is 11.9. The molecule has 0 aliphatic carbocycles. The topological polar surface area (TPSA) is 38.7 Å². The van der Waals surface area contributed by atoms with E-state index in [9.17, 15) is 4.79 Å². The van der Waals surface area contributed by atoms with Crippen molar-refractivity contribution in [2.24, 2.45) is 5.16 Å². The first kappa shape index (κ1) is 13.8. The summed E-state index contributed by atoms with van der Waals surface area (Å²) in [6, 6.07) is 15.5. The zero-order valence-electron chi connectivity index (χ0n) is 11.3.